The van der Waals surface area contributed by atoms with Gasteiger partial charge in [-0.25, -0.2) is 0 Å². The Morgan fingerprint density at radius 3 is 2.76 bits per heavy atom. The monoisotopic (exact) mass is 339 g/mol. The highest BCUT2D eigenvalue weighted by atomic mass is 32.2. The summed E-state index contributed by atoms with van der Waals surface area (Å²) in [5.41, 5.74) is 0.336. The molecule has 21 heavy (non-hydrogen) atoms. The van der Waals surface area contributed by atoms with Gasteiger partial charge in [0, 0.05) is 24.2 Å². The largest absolute Gasteiger partial charge is 0.395 e. The first-order valence-corrected chi connectivity index (χ1v) is 8.11. The van der Waals surface area contributed by atoms with Crippen LogP contribution in [0.1, 0.15) is 32.3 Å². The fourth-order valence-corrected chi connectivity index (χ4v) is 3.28. The molecule has 0 aliphatic rings. The number of aryl methyl sites for hydroxylation is 1. The highest BCUT2D eigenvalue weighted by Crippen LogP contribution is 2.36. The van der Waals surface area contributed by atoms with Crippen LogP contribution in [0.25, 0.3) is 0 Å². The van der Waals surface area contributed by atoms with Crippen molar-refractivity contribution in [3.63, 3.8) is 0 Å². The van der Waals surface area contributed by atoms with Crippen molar-refractivity contribution >= 4 is 47.1 Å². The van der Waals surface area contributed by atoms with Crippen LogP contribution in [0.15, 0.2) is 29.2 Å². The molecule has 0 aliphatic heterocycles. The Labute approximate surface area is 140 Å². The number of nitriles is 1. The first-order chi connectivity index (χ1) is 9.96. The van der Waals surface area contributed by atoms with Crippen LogP contribution in [0, 0.1) is 16.7 Å². The topological polar surface area (TPSA) is 50.1 Å². The molecule has 0 amide bonds. The lowest BCUT2D eigenvalue weighted by Crippen LogP contribution is -2.23. The first kappa shape index (κ1) is 18.0. The van der Waals surface area contributed by atoms with E-state index in [4.69, 9.17) is 12.2 Å². The number of hydrogen-bond acceptors (Lipinski definition) is 6. The number of carbonyl (C=O) groups excluding carboxylic acids is 1. The maximum atomic E-state index is 11.2. The van der Waals surface area contributed by atoms with Crippen molar-refractivity contribution in [3.05, 3.63) is 29.8 Å². The Morgan fingerprint density at radius 2 is 2.19 bits per heavy atom. The summed E-state index contributed by atoms with van der Waals surface area (Å²) in [6.45, 7) is 3.83. The zero-order valence-electron chi connectivity index (χ0n) is 12.0. The minimum Gasteiger partial charge on any atom is -0.395 e. The standard InChI is InChI=1S/C15H17NO2S3/c1-3-11-6-4-5-7-12(11)21-14(19)15(2,10-16)9-8-13(17)18-20/h4-7,20H,3,8-9H2,1-2H3. The van der Waals surface area contributed by atoms with Gasteiger partial charge in [0.15, 0.2) is 0 Å². The van der Waals surface area contributed by atoms with Gasteiger partial charge in [0.2, 0.25) is 0 Å². The Kier molecular flexibility index (Phi) is 7.23. The molecule has 0 spiro atoms. The van der Waals surface area contributed by atoms with E-state index in [9.17, 15) is 10.1 Å². The maximum absolute atomic E-state index is 11.2. The van der Waals surface area contributed by atoms with E-state index in [1.807, 2.05) is 24.3 Å². The minimum absolute atomic E-state index is 0.115. The van der Waals surface area contributed by atoms with Crippen LogP contribution in [0.2, 0.25) is 0 Å². The molecule has 0 saturated carbocycles. The number of rotatable bonds is 6. The third-order valence-electron chi connectivity index (χ3n) is 3.18. The van der Waals surface area contributed by atoms with Crippen molar-refractivity contribution in [2.75, 3.05) is 0 Å². The Balaban J connectivity index is 2.84. The predicted molar refractivity (Wildman–Crippen MR) is 92.3 cm³/mol. The van der Waals surface area contributed by atoms with Crippen molar-refractivity contribution < 1.29 is 8.98 Å². The van der Waals surface area contributed by atoms with E-state index in [2.05, 4.69) is 30.1 Å². The van der Waals surface area contributed by atoms with Crippen molar-refractivity contribution in [2.24, 2.45) is 5.41 Å². The van der Waals surface area contributed by atoms with Crippen LogP contribution in [0.3, 0.4) is 0 Å². The molecule has 0 radical (unpaired) electrons. The molecule has 1 aromatic rings. The third kappa shape index (κ3) is 5.03. The molecule has 0 bridgehead atoms. The van der Waals surface area contributed by atoms with Crippen LogP contribution in [-0.2, 0) is 15.4 Å². The number of nitrogens with zero attached hydrogens (tertiary/aromatic N) is 1. The molecule has 112 valence electrons. The van der Waals surface area contributed by atoms with Crippen molar-refractivity contribution in [3.8, 4) is 6.07 Å². The fourth-order valence-electron chi connectivity index (χ4n) is 1.71. The van der Waals surface area contributed by atoms with E-state index < -0.39 is 11.4 Å². The Bertz CT molecular complexity index is 568. The number of thiocarbonyl (C=S) groups is 1. The summed E-state index contributed by atoms with van der Waals surface area (Å²) in [4.78, 5) is 12.3. The van der Waals surface area contributed by atoms with Crippen molar-refractivity contribution in [2.45, 2.75) is 38.0 Å². The normalized spacial score (nSPS) is 13.0. The van der Waals surface area contributed by atoms with Gasteiger partial charge >= 0.3 is 5.97 Å². The van der Waals surface area contributed by atoms with Gasteiger partial charge < -0.3 is 4.18 Å². The van der Waals surface area contributed by atoms with Gasteiger partial charge in [0.1, 0.15) is 0 Å². The van der Waals surface area contributed by atoms with Gasteiger partial charge in [-0.2, -0.15) is 5.26 Å². The number of hydrogen-bond donors (Lipinski definition) is 1. The van der Waals surface area contributed by atoms with Crippen LogP contribution in [-0.4, -0.2) is 10.2 Å². The molecule has 1 aromatic carbocycles. The van der Waals surface area contributed by atoms with E-state index in [0.717, 1.165) is 11.3 Å². The number of thioether (sulfide) groups is 1. The molecule has 0 aliphatic carbocycles. The van der Waals surface area contributed by atoms with Crippen molar-refractivity contribution in [1.29, 1.82) is 5.26 Å². The van der Waals surface area contributed by atoms with Crippen LogP contribution >= 0.6 is 36.9 Å². The molecule has 3 nitrogen and oxygen atoms in total. The summed E-state index contributed by atoms with van der Waals surface area (Å²) in [6.07, 6.45) is 1.34. The molecule has 0 fully saturated rings. The lowest BCUT2D eigenvalue weighted by molar-refractivity contribution is -0.133. The fraction of sp³-hybridized carbons (Fsp3) is 0.400. The summed E-state index contributed by atoms with van der Waals surface area (Å²) < 4.78 is 4.89. The zero-order valence-corrected chi connectivity index (χ0v) is 14.5. The third-order valence-corrected chi connectivity index (χ3v) is 5.34. The van der Waals surface area contributed by atoms with Gasteiger partial charge in [0.25, 0.3) is 0 Å². The predicted octanol–water partition coefficient (Wildman–Crippen LogP) is 4.37. The summed E-state index contributed by atoms with van der Waals surface area (Å²) in [7, 11) is 0. The van der Waals surface area contributed by atoms with E-state index in [-0.39, 0.29) is 6.42 Å². The molecule has 6 heteroatoms. The zero-order chi connectivity index (χ0) is 15.9. The van der Waals surface area contributed by atoms with Gasteiger partial charge in [-0.15, -0.1) is 0 Å². The highest BCUT2D eigenvalue weighted by molar-refractivity contribution is 8.23. The van der Waals surface area contributed by atoms with Gasteiger partial charge in [-0.1, -0.05) is 49.1 Å². The van der Waals surface area contributed by atoms with E-state index in [0.29, 0.717) is 10.6 Å². The number of carbonyl (C=O) groups is 1. The Hall–Kier alpha value is -1.03. The highest BCUT2D eigenvalue weighted by Gasteiger charge is 2.31. The molecule has 1 rings (SSSR count). The van der Waals surface area contributed by atoms with Crippen molar-refractivity contribution in [1.82, 2.24) is 0 Å². The van der Waals surface area contributed by atoms with Crippen LogP contribution in [0.4, 0.5) is 0 Å². The molecule has 1 unspecified atom stereocenters. The molecule has 1 atom stereocenters. The average Bonchev–Trinajstić information content (AvgIpc) is 2.52. The minimum atomic E-state index is -0.858. The Morgan fingerprint density at radius 1 is 1.52 bits per heavy atom. The molecule has 0 aromatic heterocycles. The maximum Gasteiger partial charge on any atom is 0.317 e. The first-order valence-electron chi connectivity index (χ1n) is 6.52. The van der Waals surface area contributed by atoms with Gasteiger partial charge in [-0.3, -0.25) is 4.79 Å². The summed E-state index contributed by atoms with van der Waals surface area (Å²) >= 11 is 10.3. The van der Waals surface area contributed by atoms with Gasteiger partial charge in [0.05, 0.1) is 15.7 Å². The SMILES string of the molecule is CCc1ccccc1SC(=S)C(C)(C#N)CCC(=O)OS. The second-order valence-electron chi connectivity index (χ2n) is 4.76. The summed E-state index contributed by atoms with van der Waals surface area (Å²) in [5.74, 6) is -0.457. The number of thiol groups is 1. The summed E-state index contributed by atoms with van der Waals surface area (Å²) in [5, 5.41) is 9.42. The van der Waals surface area contributed by atoms with E-state index >= 15 is 0 Å². The lowest BCUT2D eigenvalue weighted by Gasteiger charge is -2.22. The molecular weight excluding hydrogens is 322 g/mol. The second-order valence-corrected chi connectivity index (χ2v) is 6.66. The lowest BCUT2D eigenvalue weighted by atomic mass is 9.89. The smallest absolute Gasteiger partial charge is 0.317 e. The van der Waals surface area contributed by atoms with Crippen LogP contribution in [0.5, 0.6) is 0 Å². The van der Waals surface area contributed by atoms with Crippen LogP contribution < -0.4 is 0 Å². The molecular formula is C15H17NO2S3. The molecule has 0 saturated heterocycles. The summed E-state index contributed by atoms with van der Waals surface area (Å²) in [6, 6.07) is 10.2. The molecule has 0 N–H and O–H groups in total. The van der Waals surface area contributed by atoms with E-state index in [1.54, 1.807) is 6.92 Å². The van der Waals surface area contributed by atoms with E-state index in [1.165, 1.54) is 17.3 Å². The average molecular weight is 340 g/mol. The molecule has 0 heterocycles. The van der Waals surface area contributed by atoms with Gasteiger partial charge in [-0.05, 0) is 31.4 Å². The second kappa shape index (κ2) is 8.42. The number of benzene rings is 1. The quantitative estimate of drug-likeness (QED) is 0.361.